The number of aliphatic hydroxyl groups excluding tert-OH is 1. The first kappa shape index (κ1) is 18.9. The Morgan fingerprint density at radius 3 is 2.73 bits per heavy atom. The van der Waals surface area contributed by atoms with Crippen molar-refractivity contribution >= 4 is 5.91 Å². The van der Waals surface area contributed by atoms with E-state index < -0.39 is 6.29 Å². The molecule has 1 heterocycles. The number of aliphatic hydroxyl groups is 1. The van der Waals surface area contributed by atoms with E-state index >= 15 is 0 Å². The van der Waals surface area contributed by atoms with Gasteiger partial charge in [-0.05, 0) is 50.2 Å². The van der Waals surface area contributed by atoms with Gasteiger partial charge >= 0.3 is 0 Å². The number of carbonyl (C=O) groups is 1. The fourth-order valence-electron chi connectivity index (χ4n) is 3.47. The second kappa shape index (κ2) is 9.19. The highest BCUT2D eigenvalue weighted by molar-refractivity contribution is 5.91. The maximum Gasteiger partial charge on any atom is 0.286 e. The Balaban J connectivity index is 1.83. The summed E-state index contributed by atoms with van der Waals surface area (Å²) in [4.78, 5) is 12.6. The minimum Gasteiger partial charge on any atom is -0.459 e. The molecule has 3 rings (SSSR count). The lowest BCUT2D eigenvalue weighted by atomic mass is 9.80. The van der Waals surface area contributed by atoms with Crippen LogP contribution in [0, 0.1) is 11.8 Å². The zero-order chi connectivity index (χ0) is 18.4. The SMILES string of the molecule is CCO[C@H]1OC(C(=O)NCC2CC2)=C[C@@H](c2ccccc2)[C@H]1CCCO. The Bertz CT molecular complexity index is 612. The second-order valence-electron chi connectivity index (χ2n) is 7.09. The van der Waals surface area contributed by atoms with Crippen LogP contribution in [0.25, 0.3) is 0 Å². The average molecular weight is 359 g/mol. The molecule has 0 radical (unpaired) electrons. The predicted molar refractivity (Wildman–Crippen MR) is 99.3 cm³/mol. The third kappa shape index (κ3) is 4.86. The molecule has 0 spiro atoms. The van der Waals surface area contributed by atoms with Gasteiger partial charge in [-0.2, -0.15) is 0 Å². The van der Waals surface area contributed by atoms with Gasteiger partial charge in [0.15, 0.2) is 5.76 Å². The highest BCUT2D eigenvalue weighted by Gasteiger charge is 2.38. The molecule has 0 saturated heterocycles. The molecule has 5 nitrogen and oxygen atoms in total. The van der Waals surface area contributed by atoms with E-state index in [0.29, 0.717) is 31.2 Å². The van der Waals surface area contributed by atoms with Crippen LogP contribution in [0.15, 0.2) is 42.2 Å². The fourth-order valence-corrected chi connectivity index (χ4v) is 3.47. The predicted octanol–water partition coefficient (Wildman–Crippen LogP) is 2.96. The van der Waals surface area contributed by atoms with E-state index in [1.807, 2.05) is 31.2 Å². The van der Waals surface area contributed by atoms with Crippen LogP contribution in [0.3, 0.4) is 0 Å². The summed E-state index contributed by atoms with van der Waals surface area (Å²) in [5.74, 6) is 0.883. The first-order valence-corrected chi connectivity index (χ1v) is 9.67. The number of nitrogens with one attached hydrogen (secondary N) is 1. The lowest BCUT2D eigenvalue weighted by Crippen LogP contribution is -2.39. The van der Waals surface area contributed by atoms with Crippen LogP contribution < -0.4 is 5.32 Å². The topological polar surface area (TPSA) is 67.8 Å². The summed E-state index contributed by atoms with van der Waals surface area (Å²) in [5.41, 5.74) is 1.14. The number of hydrogen-bond donors (Lipinski definition) is 2. The van der Waals surface area contributed by atoms with Crippen LogP contribution in [0.1, 0.15) is 44.1 Å². The monoisotopic (exact) mass is 359 g/mol. The molecular weight excluding hydrogens is 330 g/mol. The molecule has 1 aromatic rings. The van der Waals surface area contributed by atoms with Gasteiger partial charge in [-0.1, -0.05) is 30.3 Å². The zero-order valence-electron chi connectivity index (χ0n) is 15.4. The van der Waals surface area contributed by atoms with E-state index in [-0.39, 0.29) is 24.3 Å². The second-order valence-corrected chi connectivity index (χ2v) is 7.09. The summed E-state index contributed by atoms with van der Waals surface area (Å²) in [6.45, 7) is 3.28. The first-order valence-electron chi connectivity index (χ1n) is 9.67. The largest absolute Gasteiger partial charge is 0.459 e. The quantitative estimate of drug-likeness (QED) is 0.711. The molecule has 0 unspecified atom stereocenters. The Morgan fingerprint density at radius 1 is 1.31 bits per heavy atom. The van der Waals surface area contributed by atoms with Crippen molar-refractivity contribution in [3.63, 3.8) is 0 Å². The normalized spacial score (nSPS) is 25.3. The van der Waals surface area contributed by atoms with Crippen molar-refractivity contribution in [2.45, 2.75) is 44.8 Å². The molecule has 5 heteroatoms. The summed E-state index contributed by atoms with van der Waals surface area (Å²) < 4.78 is 11.8. The van der Waals surface area contributed by atoms with Gasteiger partial charge in [-0.3, -0.25) is 4.79 Å². The summed E-state index contributed by atoms with van der Waals surface area (Å²) in [5, 5.41) is 12.3. The smallest absolute Gasteiger partial charge is 0.286 e. The Hall–Kier alpha value is -1.85. The van der Waals surface area contributed by atoms with Crippen molar-refractivity contribution in [1.29, 1.82) is 0 Å². The van der Waals surface area contributed by atoms with Crippen molar-refractivity contribution < 1.29 is 19.4 Å². The van der Waals surface area contributed by atoms with Crippen LogP contribution in [0.2, 0.25) is 0 Å². The molecule has 1 amide bonds. The minimum absolute atomic E-state index is 0.0229. The van der Waals surface area contributed by atoms with Crippen LogP contribution in [-0.4, -0.2) is 37.1 Å². The molecule has 1 fully saturated rings. The standard InChI is InChI=1S/C21H29NO4/c1-2-25-21-17(9-6-12-23)18(16-7-4-3-5-8-16)13-19(26-21)20(24)22-14-15-10-11-15/h3-5,7-8,13,15,17-18,21,23H,2,6,9-12,14H2,1H3,(H,22,24)/t17-,18+,21+/m1/s1. The Labute approximate surface area is 155 Å². The number of benzene rings is 1. The molecule has 0 bridgehead atoms. The molecule has 1 saturated carbocycles. The van der Waals surface area contributed by atoms with Crippen molar-refractivity contribution in [3.8, 4) is 0 Å². The lowest BCUT2D eigenvalue weighted by Gasteiger charge is -2.37. The third-order valence-electron chi connectivity index (χ3n) is 5.07. The third-order valence-corrected chi connectivity index (χ3v) is 5.07. The van der Waals surface area contributed by atoms with E-state index in [9.17, 15) is 9.90 Å². The molecule has 142 valence electrons. The van der Waals surface area contributed by atoms with E-state index in [0.717, 1.165) is 12.0 Å². The van der Waals surface area contributed by atoms with Gasteiger partial charge in [-0.25, -0.2) is 0 Å². The van der Waals surface area contributed by atoms with E-state index in [1.54, 1.807) is 0 Å². The maximum absolute atomic E-state index is 12.6. The minimum atomic E-state index is -0.483. The highest BCUT2D eigenvalue weighted by atomic mass is 16.7. The van der Waals surface area contributed by atoms with E-state index in [4.69, 9.17) is 9.47 Å². The first-order chi connectivity index (χ1) is 12.7. The Morgan fingerprint density at radius 2 is 2.08 bits per heavy atom. The number of amides is 1. The molecular formula is C21H29NO4. The summed E-state index contributed by atoms with van der Waals surface area (Å²) in [6.07, 6.45) is 5.28. The number of ether oxygens (including phenoxy) is 2. The van der Waals surface area contributed by atoms with Crippen LogP contribution >= 0.6 is 0 Å². The molecule has 3 atom stereocenters. The van der Waals surface area contributed by atoms with Gasteiger partial charge in [0.1, 0.15) is 0 Å². The van der Waals surface area contributed by atoms with Crippen molar-refractivity contribution in [3.05, 3.63) is 47.7 Å². The van der Waals surface area contributed by atoms with Gasteiger partial charge in [0, 0.05) is 31.6 Å². The summed E-state index contributed by atoms with van der Waals surface area (Å²) >= 11 is 0. The molecule has 2 aliphatic rings. The molecule has 0 aromatic heterocycles. The lowest BCUT2D eigenvalue weighted by molar-refractivity contribution is -0.166. The number of rotatable bonds is 9. The van der Waals surface area contributed by atoms with Gasteiger partial charge in [-0.15, -0.1) is 0 Å². The zero-order valence-corrected chi connectivity index (χ0v) is 15.4. The molecule has 1 aliphatic heterocycles. The average Bonchev–Trinajstić information content (AvgIpc) is 3.50. The van der Waals surface area contributed by atoms with Gasteiger partial charge in [0.25, 0.3) is 5.91 Å². The van der Waals surface area contributed by atoms with Crippen LogP contribution in [0.5, 0.6) is 0 Å². The molecule has 1 aliphatic carbocycles. The summed E-state index contributed by atoms with van der Waals surface area (Å²) in [7, 11) is 0. The molecule has 1 aromatic carbocycles. The van der Waals surface area contributed by atoms with Crippen LogP contribution in [0.4, 0.5) is 0 Å². The van der Waals surface area contributed by atoms with E-state index in [2.05, 4.69) is 17.4 Å². The van der Waals surface area contributed by atoms with Gasteiger partial charge in [0.05, 0.1) is 0 Å². The van der Waals surface area contributed by atoms with E-state index in [1.165, 1.54) is 12.8 Å². The number of carbonyl (C=O) groups excluding carboxylic acids is 1. The fraction of sp³-hybridized carbons (Fsp3) is 0.571. The van der Waals surface area contributed by atoms with Crippen molar-refractivity contribution in [2.24, 2.45) is 11.8 Å². The number of allylic oxidation sites excluding steroid dienone is 1. The molecule has 2 N–H and O–H groups in total. The van der Waals surface area contributed by atoms with Crippen LogP contribution in [-0.2, 0) is 14.3 Å². The van der Waals surface area contributed by atoms with Gasteiger partial charge in [0.2, 0.25) is 6.29 Å². The van der Waals surface area contributed by atoms with Crippen molar-refractivity contribution in [2.75, 3.05) is 19.8 Å². The maximum atomic E-state index is 12.6. The summed E-state index contributed by atoms with van der Waals surface area (Å²) in [6, 6.07) is 10.1. The van der Waals surface area contributed by atoms with Gasteiger partial charge < -0.3 is 19.9 Å². The number of hydrogen-bond acceptors (Lipinski definition) is 4. The Kier molecular flexibility index (Phi) is 6.69. The molecule has 26 heavy (non-hydrogen) atoms. The van der Waals surface area contributed by atoms with Crippen molar-refractivity contribution in [1.82, 2.24) is 5.32 Å². The highest BCUT2D eigenvalue weighted by Crippen LogP contribution is 2.39.